The standard InChI is InChI=1S/C23H23N5O3S2/c1-16-6-5-8-18(14-16)22-25-28-21(29)15-20(24-23(28)32-22)26-10-12-27(13-11-26)33(30,31)19-9-4-3-7-17(19)2/h3-9,14-15H,10-13H2,1-2H3. The fraction of sp³-hybridized carbons (Fsp3) is 0.261. The first-order chi connectivity index (χ1) is 15.8. The summed E-state index contributed by atoms with van der Waals surface area (Å²) in [7, 11) is -3.56. The fourth-order valence-corrected chi connectivity index (χ4v) is 6.54. The highest BCUT2D eigenvalue weighted by atomic mass is 32.2. The lowest BCUT2D eigenvalue weighted by molar-refractivity contribution is 0.383. The van der Waals surface area contributed by atoms with Gasteiger partial charge in [0.15, 0.2) is 0 Å². The molecule has 0 saturated carbocycles. The van der Waals surface area contributed by atoms with E-state index in [0.29, 0.717) is 41.9 Å². The van der Waals surface area contributed by atoms with Crippen LogP contribution in [0, 0.1) is 13.8 Å². The van der Waals surface area contributed by atoms with Crippen molar-refractivity contribution in [1.29, 1.82) is 0 Å². The summed E-state index contributed by atoms with van der Waals surface area (Å²) in [6, 6.07) is 16.4. The number of hydrogen-bond donors (Lipinski definition) is 0. The van der Waals surface area contributed by atoms with Crippen LogP contribution >= 0.6 is 11.3 Å². The molecule has 10 heteroatoms. The SMILES string of the molecule is Cc1cccc(-c2nn3c(=O)cc(N4CCN(S(=O)(=O)c5ccccc5C)CC4)nc3s2)c1. The summed E-state index contributed by atoms with van der Waals surface area (Å²) in [6.07, 6.45) is 0. The van der Waals surface area contributed by atoms with Crippen LogP contribution in [0.25, 0.3) is 15.5 Å². The number of anilines is 1. The molecule has 2 aromatic heterocycles. The highest BCUT2D eigenvalue weighted by Crippen LogP contribution is 2.27. The van der Waals surface area contributed by atoms with E-state index in [4.69, 9.17) is 0 Å². The number of nitrogens with zero attached hydrogens (tertiary/aromatic N) is 5. The predicted octanol–water partition coefficient (Wildman–Crippen LogP) is 2.95. The van der Waals surface area contributed by atoms with Crippen molar-refractivity contribution < 1.29 is 8.42 Å². The first-order valence-corrected chi connectivity index (χ1v) is 12.9. The molecule has 170 valence electrons. The summed E-state index contributed by atoms with van der Waals surface area (Å²) in [5.74, 6) is 0.549. The van der Waals surface area contributed by atoms with E-state index in [1.165, 1.54) is 26.2 Å². The van der Waals surface area contributed by atoms with E-state index in [1.54, 1.807) is 25.1 Å². The van der Waals surface area contributed by atoms with Crippen molar-refractivity contribution in [2.75, 3.05) is 31.1 Å². The summed E-state index contributed by atoms with van der Waals surface area (Å²) in [6.45, 7) is 5.38. The van der Waals surface area contributed by atoms with Gasteiger partial charge < -0.3 is 4.90 Å². The van der Waals surface area contributed by atoms with Crippen LogP contribution in [0.3, 0.4) is 0 Å². The van der Waals surface area contributed by atoms with E-state index in [1.807, 2.05) is 42.2 Å². The minimum Gasteiger partial charge on any atom is -0.354 e. The molecule has 3 heterocycles. The maximum Gasteiger partial charge on any atom is 0.277 e. The lowest BCUT2D eigenvalue weighted by Crippen LogP contribution is -2.49. The molecule has 0 atom stereocenters. The molecule has 0 radical (unpaired) electrons. The van der Waals surface area contributed by atoms with E-state index >= 15 is 0 Å². The van der Waals surface area contributed by atoms with Crippen LogP contribution in [0.15, 0.2) is 64.3 Å². The number of sulfonamides is 1. The van der Waals surface area contributed by atoms with Crippen LogP contribution in [0.4, 0.5) is 5.82 Å². The van der Waals surface area contributed by atoms with Gasteiger partial charge in [0, 0.05) is 37.8 Å². The van der Waals surface area contributed by atoms with E-state index in [-0.39, 0.29) is 5.56 Å². The number of aryl methyl sites for hydroxylation is 2. The van der Waals surface area contributed by atoms with Crippen molar-refractivity contribution in [1.82, 2.24) is 18.9 Å². The number of benzene rings is 2. The molecular weight excluding hydrogens is 458 g/mol. The molecule has 0 spiro atoms. The lowest BCUT2D eigenvalue weighted by Gasteiger charge is -2.34. The molecule has 8 nitrogen and oxygen atoms in total. The van der Waals surface area contributed by atoms with Gasteiger partial charge >= 0.3 is 0 Å². The van der Waals surface area contributed by atoms with Gasteiger partial charge in [-0.05, 0) is 31.5 Å². The minimum absolute atomic E-state index is 0.250. The second-order valence-corrected chi connectivity index (χ2v) is 10.9. The smallest absolute Gasteiger partial charge is 0.277 e. The van der Waals surface area contributed by atoms with E-state index < -0.39 is 10.0 Å². The van der Waals surface area contributed by atoms with Crippen molar-refractivity contribution in [3.8, 4) is 10.6 Å². The molecule has 1 aliphatic heterocycles. The van der Waals surface area contributed by atoms with Gasteiger partial charge in [-0.1, -0.05) is 53.3 Å². The quantitative estimate of drug-likeness (QED) is 0.445. The van der Waals surface area contributed by atoms with Crippen LogP contribution in [-0.2, 0) is 10.0 Å². The van der Waals surface area contributed by atoms with Gasteiger partial charge in [-0.3, -0.25) is 4.79 Å². The maximum atomic E-state index is 13.1. The summed E-state index contributed by atoms with van der Waals surface area (Å²) in [5.41, 5.74) is 2.54. The first kappa shape index (κ1) is 21.7. The summed E-state index contributed by atoms with van der Waals surface area (Å²) < 4.78 is 29.0. The third kappa shape index (κ3) is 4.05. The molecule has 1 fully saturated rings. The molecule has 0 aliphatic carbocycles. The van der Waals surface area contributed by atoms with Gasteiger partial charge in [0.2, 0.25) is 15.0 Å². The summed E-state index contributed by atoms with van der Waals surface area (Å²) in [5, 5.41) is 5.18. The third-order valence-electron chi connectivity index (χ3n) is 5.77. The zero-order valence-corrected chi connectivity index (χ0v) is 19.9. The molecule has 0 N–H and O–H groups in total. The fourth-order valence-electron chi connectivity index (χ4n) is 4.00. The maximum absolute atomic E-state index is 13.1. The molecule has 1 saturated heterocycles. The Morgan fingerprint density at radius 3 is 2.42 bits per heavy atom. The van der Waals surface area contributed by atoms with Gasteiger partial charge in [0.25, 0.3) is 5.56 Å². The predicted molar refractivity (Wildman–Crippen MR) is 129 cm³/mol. The number of piperazine rings is 1. The Bertz CT molecular complexity index is 1500. The molecule has 0 unspecified atom stereocenters. The molecular formula is C23H23N5O3S2. The largest absolute Gasteiger partial charge is 0.354 e. The number of fused-ring (bicyclic) bond motifs is 1. The van der Waals surface area contributed by atoms with Crippen LogP contribution < -0.4 is 10.5 Å². The summed E-state index contributed by atoms with van der Waals surface area (Å²) >= 11 is 1.36. The second kappa shape index (κ2) is 8.36. The minimum atomic E-state index is -3.56. The first-order valence-electron chi connectivity index (χ1n) is 10.6. The van der Waals surface area contributed by atoms with Crippen LogP contribution in [0.5, 0.6) is 0 Å². The number of rotatable bonds is 4. The van der Waals surface area contributed by atoms with E-state index in [9.17, 15) is 13.2 Å². The molecule has 4 aromatic rings. The van der Waals surface area contributed by atoms with Crippen LogP contribution in [-0.4, -0.2) is 53.5 Å². The van der Waals surface area contributed by atoms with Gasteiger partial charge in [-0.15, -0.1) is 0 Å². The topological polar surface area (TPSA) is 87.9 Å². The monoisotopic (exact) mass is 481 g/mol. The van der Waals surface area contributed by atoms with Crippen molar-refractivity contribution >= 4 is 32.1 Å². The zero-order valence-electron chi connectivity index (χ0n) is 18.3. The molecule has 1 aliphatic rings. The molecule has 0 amide bonds. The van der Waals surface area contributed by atoms with Crippen LogP contribution in [0.2, 0.25) is 0 Å². The van der Waals surface area contributed by atoms with Crippen molar-refractivity contribution in [2.24, 2.45) is 0 Å². The number of aromatic nitrogens is 3. The Balaban J connectivity index is 1.39. The summed E-state index contributed by atoms with van der Waals surface area (Å²) in [4.78, 5) is 20.2. The van der Waals surface area contributed by atoms with Crippen molar-refractivity contribution in [2.45, 2.75) is 18.7 Å². The lowest BCUT2D eigenvalue weighted by atomic mass is 10.1. The van der Waals surface area contributed by atoms with Crippen molar-refractivity contribution in [3.05, 3.63) is 76.1 Å². The average Bonchev–Trinajstić information content (AvgIpc) is 3.24. The molecule has 33 heavy (non-hydrogen) atoms. The Hall–Kier alpha value is -3.08. The van der Waals surface area contributed by atoms with Gasteiger partial charge in [0.1, 0.15) is 10.8 Å². The Morgan fingerprint density at radius 1 is 0.939 bits per heavy atom. The Morgan fingerprint density at radius 2 is 1.70 bits per heavy atom. The van der Waals surface area contributed by atoms with Crippen molar-refractivity contribution in [3.63, 3.8) is 0 Å². The third-order valence-corrected chi connectivity index (χ3v) is 8.79. The Labute approximate surface area is 195 Å². The second-order valence-electron chi connectivity index (χ2n) is 8.08. The van der Waals surface area contributed by atoms with Gasteiger partial charge in [-0.25, -0.2) is 13.4 Å². The molecule has 2 aromatic carbocycles. The number of hydrogen-bond acceptors (Lipinski definition) is 7. The normalized spacial score (nSPS) is 15.3. The highest BCUT2D eigenvalue weighted by molar-refractivity contribution is 7.89. The molecule has 5 rings (SSSR count). The Kier molecular flexibility index (Phi) is 5.51. The van der Waals surface area contributed by atoms with E-state index in [2.05, 4.69) is 10.1 Å². The van der Waals surface area contributed by atoms with Gasteiger partial charge in [-0.2, -0.15) is 13.9 Å². The van der Waals surface area contributed by atoms with E-state index in [0.717, 1.165) is 21.7 Å². The average molecular weight is 482 g/mol. The highest BCUT2D eigenvalue weighted by Gasteiger charge is 2.30. The van der Waals surface area contributed by atoms with Gasteiger partial charge in [0.05, 0.1) is 4.90 Å². The zero-order chi connectivity index (χ0) is 23.2. The van der Waals surface area contributed by atoms with Crippen LogP contribution in [0.1, 0.15) is 11.1 Å². The molecule has 0 bridgehead atoms.